The lowest BCUT2D eigenvalue weighted by molar-refractivity contribution is 0.112. The van der Waals surface area contributed by atoms with Gasteiger partial charge in [0.1, 0.15) is 10.3 Å². The van der Waals surface area contributed by atoms with Crippen molar-refractivity contribution in [2.45, 2.75) is 14.0 Å². The molecule has 2 rings (SSSR count). The highest BCUT2D eigenvalue weighted by molar-refractivity contribution is 6.35. The van der Waals surface area contributed by atoms with E-state index in [0.717, 1.165) is 0 Å². The Morgan fingerprint density at radius 1 is 1.00 bits per heavy atom. The zero-order valence-corrected chi connectivity index (χ0v) is 12.9. The lowest BCUT2D eigenvalue weighted by Gasteiger charge is -1.97. The Morgan fingerprint density at radius 3 is 1.95 bits per heavy atom. The second kappa shape index (κ2) is 9.92. The summed E-state index contributed by atoms with van der Waals surface area (Å²) in [5, 5.41) is 10.0. The first-order chi connectivity index (χ1) is 9.47. The van der Waals surface area contributed by atoms with Gasteiger partial charge in [-0.1, -0.05) is 53.8 Å². The monoisotopic (exact) mass is 368 g/mol. The van der Waals surface area contributed by atoms with Crippen LogP contribution in [-0.2, 0) is 6.61 Å². The van der Waals surface area contributed by atoms with Gasteiger partial charge in [0.15, 0.2) is 6.29 Å². The van der Waals surface area contributed by atoms with Crippen LogP contribution in [0.1, 0.15) is 23.3 Å². The van der Waals surface area contributed by atoms with Crippen LogP contribution in [0.4, 0.5) is 0 Å². The summed E-state index contributed by atoms with van der Waals surface area (Å²) in [7, 11) is 0. The number of pyridine rings is 2. The quantitative estimate of drug-likeness (QED) is 0.614. The molecule has 8 heteroatoms. The van der Waals surface area contributed by atoms with E-state index in [-0.39, 0.29) is 19.2 Å². The molecule has 0 amide bonds. The van der Waals surface area contributed by atoms with Crippen molar-refractivity contribution < 1.29 is 9.90 Å². The van der Waals surface area contributed by atoms with E-state index in [1.165, 1.54) is 24.5 Å². The zero-order chi connectivity index (χ0) is 15.1. The Balaban J connectivity index is 0.000000364. The Kier molecular flexibility index (Phi) is 9.49. The van der Waals surface area contributed by atoms with Crippen molar-refractivity contribution in [1.29, 1.82) is 0 Å². The minimum Gasteiger partial charge on any atom is -0.392 e. The average molecular weight is 370 g/mol. The van der Waals surface area contributed by atoms with Crippen molar-refractivity contribution in [3.05, 3.63) is 56.0 Å². The number of aliphatic hydroxyl groups is 1. The van der Waals surface area contributed by atoms with E-state index in [2.05, 4.69) is 9.97 Å². The van der Waals surface area contributed by atoms with E-state index in [9.17, 15) is 4.79 Å². The average Bonchev–Trinajstić information content (AvgIpc) is 2.40. The number of halogens is 4. The van der Waals surface area contributed by atoms with E-state index in [1.54, 1.807) is 0 Å². The first-order valence-electron chi connectivity index (χ1n) is 5.15. The molecule has 2 heterocycles. The molecule has 0 aliphatic carbocycles. The van der Waals surface area contributed by atoms with Crippen LogP contribution in [0, 0.1) is 0 Å². The summed E-state index contributed by atoms with van der Waals surface area (Å²) in [6.45, 7) is -0.108. The van der Waals surface area contributed by atoms with Crippen LogP contribution >= 0.6 is 46.4 Å². The Morgan fingerprint density at radius 2 is 1.52 bits per heavy atom. The maximum Gasteiger partial charge on any atom is 0.153 e. The van der Waals surface area contributed by atoms with E-state index in [1.807, 2.05) is 0 Å². The second-order valence-electron chi connectivity index (χ2n) is 3.40. The number of aromatic nitrogens is 2. The van der Waals surface area contributed by atoms with Crippen LogP contribution in [0.5, 0.6) is 0 Å². The lowest BCUT2D eigenvalue weighted by Crippen LogP contribution is -1.86. The molecule has 114 valence electrons. The van der Waals surface area contributed by atoms with Crippen molar-refractivity contribution in [3.8, 4) is 0 Å². The highest BCUT2D eigenvalue weighted by Crippen LogP contribution is 2.18. The minimum absolute atomic E-state index is 0. The van der Waals surface area contributed by atoms with Gasteiger partial charge in [-0.05, 0) is 12.1 Å². The van der Waals surface area contributed by atoms with Crippen LogP contribution in [0.25, 0.3) is 0 Å². The zero-order valence-electron chi connectivity index (χ0n) is 9.86. The van der Waals surface area contributed by atoms with Gasteiger partial charge < -0.3 is 5.11 Å². The molecule has 0 fully saturated rings. The molecule has 0 aliphatic heterocycles. The third kappa shape index (κ3) is 6.59. The van der Waals surface area contributed by atoms with Crippen molar-refractivity contribution in [2.24, 2.45) is 0 Å². The molecule has 2 aromatic rings. The van der Waals surface area contributed by atoms with Gasteiger partial charge in [0.2, 0.25) is 0 Å². The third-order valence-corrected chi connectivity index (χ3v) is 3.13. The first kappa shape index (κ1) is 20.1. The fraction of sp³-hybridized carbons (Fsp3) is 0.154. The fourth-order valence-electron chi connectivity index (χ4n) is 1.06. The highest BCUT2D eigenvalue weighted by atomic mass is 35.5. The summed E-state index contributed by atoms with van der Waals surface area (Å²) in [6, 6.07) is 2.92. The number of rotatable bonds is 2. The number of carbonyl (C=O) groups is 1. The van der Waals surface area contributed by atoms with Crippen LogP contribution < -0.4 is 0 Å². The Hall–Kier alpha value is -0.910. The maximum atomic E-state index is 10.2. The smallest absolute Gasteiger partial charge is 0.153 e. The topological polar surface area (TPSA) is 63.1 Å². The number of carbonyl (C=O) groups excluding carboxylic acids is 1. The van der Waals surface area contributed by atoms with Crippen molar-refractivity contribution in [2.75, 3.05) is 0 Å². The highest BCUT2D eigenvalue weighted by Gasteiger charge is 1.99. The molecule has 2 aromatic heterocycles. The molecule has 0 aliphatic rings. The summed E-state index contributed by atoms with van der Waals surface area (Å²) < 4.78 is 0. The van der Waals surface area contributed by atoms with Gasteiger partial charge >= 0.3 is 0 Å². The number of hydrogen-bond acceptors (Lipinski definition) is 4. The molecule has 1 N–H and O–H groups in total. The van der Waals surface area contributed by atoms with Gasteiger partial charge in [0, 0.05) is 18.0 Å². The van der Waals surface area contributed by atoms with E-state index < -0.39 is 0 Å². The standard InChI is InChI=1S/C6H5Cl2NO.C6H3Cl2NO.CH4/c2*7-5-1-6(8)9-2-4(5)3-10;/h1-2,10H,3H2;1-3H;1H4. The van der Waals surface area contributed by atoms with Gasteiger partial charge in [-0.2, -0.15) is 0 Å². The number of aliphatic hydroxyl groups excluding tert-OH is 1. The number of nitrogens with zero attached hydrogens (tertiary/aromatic N) is 2. The first-order valence-corrected chi connectivity index (χ1v) is 6.66. The molecule has 21 heavy (non-hydrogen) atoms. The SMILES string of the molecule is C.O=Cc1cnc(Cl)cc1Cl.OCc1cnc(Cl)cc1Cl. The second-order valence-corrected chi connectivity index (χ2v) is 4.99. The van der Waals surface area contributed by atoms with Crippen molar-refractivity contribution in [3.63, 3.8) is 0 Å². The van der Waals surface area contributed by atoms with Crippen molar-refractivity contribution in [1.82, 2.24) is 9.97 Å². The predicted octanol–water partition coefficient (Wildman–Crippen LogP) is 4.72. The molecular formula is C13H12Cl4N2O2. The lowest BCUT2D eigenvalue weighted by atomic mass is 10.3. The summed E-state index contributed by atoms with van der Waals surface area (Å²) in [6.07, 6.45) is 3.41. The van der Waals surface area contributed by atoms with Crippen LogP contribution in [0.2, 0.25) is 20.4 Å². The normalized spacial score (nSPS) is 9.19. The molecule has 4 nitrogen and oxygen atoms in total. The van der Waals surface area contributed by atoms with Gasteiger partial charge in [0.05, 0.1) is 22.2 Å². The molecule has 0 saturated carbocycles. The van der Waals surface area contributed by atoms with Gasteiger partial charge in [-0.3, -0.25) is 4.79 Å². The summed E-state index contributed by atoms with van der Waals surface area (Å²) in [4.78, 5) is 17.6. The number of aldehydes is 1. The largest absolute Gasteiger partial charge is 0.392 e. The predicted molar refractivity (Wildman–Crippen MR) is 86.6 cm³/mol. The Labute approximate surface area is 142 Å². The summed E-state index contributed by atoms with van der Waals surface area (Å²) in [5.41, 5.74) is 0.942. The van der Waals surface area contributed by atoms with Crippen LogP contribution in [-0.4, -0.2) is 21.4 Å². The van der Waals surface area contributed by atoms with Gasteiger partial charge in [-0.25, -0.2) is 9.97 Å². The molecule has 0 bridgehead atoms. The van der Waals surface area contributed by atoms with E-state index in [4.69, 9.17) is 51.5 Å². The van der Waals surface area contributed by atoms with Crippen LogP contribution in [0.3, 0.4) is 0 Å². The van der Waals surface area contributed by atoms with E-state index >= 15 is 0 Å². The van der Waals surface area contributed by atoms with Crippen molar-refractivity contribution >= 4 is 52.7 Å². The Bertz CT molecular complexity index is 609. The van der Waals surface area contributed by atoms with Gasteiger partial charge in [-0.15, -0.1) is 0 Å². The summed E-state index contributed by atoms with van der Waals surface area (Å²) in [5.74, 6) is 0. The molecule has 0 unspecified atom stereocenters. The minimum atomic E-state index is -0.108. The molecule has 0 spiro atoms. The summed E-state index contributed by atoms with van der Waals surface area (Å²) >= 11 is 22.2. The third-order valence-electron chi connectivity index (χ3n) is 2.04. The molecule has 0 aromatic carbocycles. The fourth-order valence-corrected chi connectivity index (χ4v) is 1.89. The molecule has 0 atom stereocenters. The number of hydrogen-bond donors (Lipinski definition) is 1. The molecular weight excluding hydrogens is 358 g/mol. The molecule has 0 radical (unpaired) electrons. The molecule has 0 saturated heterocycles. The maximum absolute atomic E-state index is 10.2. The van der Waals surface area contributed by atoms with Crippen LogP contribution in [0.15, 0.2) is 24.5 Å². The van der Waals surface area contributed by atoms with E-state index in [0.29, 0.717) is 32.6 Å². The van der Waals surface area contributed by atoms with Gasteiger partial charge in [0.25, 0.3) is 0 Å².